The summed E-state index contributed by atoms with van der Waals surface area (Å²) in [4.78, 5) is 0. The summed E-state index contributed by atoms with van der Waals surface area (Å²) in [6.45, 7) is 0. The van der Waals surface area contributed by atoms with Crippen molar-refractivity contribution in [2.75, 3.05) is 0 Å². The van der Waals surface area contributed by atoms with Crippen LogP contribution in [0.5, 0.6) is 0 Å². The highest BCUT2D eigenvalue weighted by Crippen LogP contribution is 2.66. The van der Waals surface area contributed by atoms with Crippen LogP contribution in [0, 0.1) is 0 Å². The van der Waals surface area contributed by atoms with E-state index in [1.54, 1.807) is 0 Å². The van der Waals surface area contributed by atoms with Crippen molar-refractivity contribution in [3.8, 4) is 0 Å². The van der Waals surface area contributed by atoms with Gasteiger partial charge in [0.2, 0.25) is 20.8 Å². The van der Waals surface area contributed by atoms with E-state index in [1.165, 1.54) is 31.8 Å². The Balaban J connectivity index is 0.000000439. The van der Waals surface area contributed by atoms with Gasteiger partial charge in [0.25, 0.3) is 0 Å². The predicted octanol–water partition coefficient (Wildman–Crippen LogP) is 5.92. The molecule has 0 aliphatic heterocycles. The molecule has 0 aromatic heterocycles. The Hall–Kier alpha value is -4.34. The van der Waals surface area contributed by atoms with Gasteiger partial charge in [-0.1, -0.05) is 109 Å². The fourth-order valence-corrected chi connectivity index (χ4v) is 17.8. The van der Waals surface area contributed by atoms with Crippen molar-refractivity contribution >= 4 is 67.2 Å². The van der Waals surface area contributed by atoms with Crippen molar-refractivity contribution in [3.05, 3.63) is 194 Å². The lowest BCUT2D eigenvalue weighted by atomic mass is 10.1. The van der Waals surface area contributed by atoms with E-state index in [0.717, 1.165) is 12.8 Å². The molecule has 276 valence electrons. The molecule has 0 N–H and O–H groups in total. The fourth-order valence-electron chi connectivity index (χ4n) is 7.53. The Morgan fingerprint density at radius 1 is 0.370 bits per heavy atom. The number of hydrogen-bond donors (Lipinski definition) is 0. The molecule has 0 saturated heterocycles. The van der Waals surface area contributed by atoms with Crippen LogP contribution in [0.25, 0.3) is 0 Å². The lowest BCUT2D eigenvalue weighted by Gasteiger charge is -2.39. The second kappa shape index (κ2) is 17.4. The minimum Gasteiger partial charge on any atom is -0.724 e. The van der Waals surface area contributed by atoms with Crippen LogP contribution in [0.1, 0.15) is 12.8 Å². The molecule has 0 spiro atoms. The molecule has 8 nitrogen and oxygen atoms in total. The molecule has 0 bridgehead atoms. The largest absolute Gasteiger partial charge is 0.724 e. The van der Waals surface area contributed by atoms with Crippen LogP contribution in [0.2, 0.25) is 0 Å². The normalized spacial score (nSPS) is 16.2. The lowest BCUT2D eigenvalue weighted by molar-refractivity contribution is -0.107. The van der Waals surface area contributed by atoms with Crippen LogP contribution in [-0.4, -0.2) is 37.3 Å². The summed E-state index contributed by atoms with van der Waals surface area (Å²) < 4.78 is 61.5. The zero-order valence-corrected chi connectivity index (χ0v) is 32.4. The molecule has 2 unspecified atom stereocenters. The van der Waals surface area contributed by atoms with Crippen molar-refractivity contribution in [1.29, 1.82) is 0 Å². The van der Waals surface area contributed by atoms with Gasteiger partial charge in [0.1, 0.15) is 57.7 Å². The van der Waals surface area contributed by atoms with E-state index in [9.17, 15) is 25.9 Å². The zero-order chi connectivity index (χ0) is 38.1. The first-order valence-corrected chi connectivity index (χ1v) is 23.5. The standard InChI is InChI=1S/C42H38P2.H2O8S2/c1-7-19-35(20-8-1)43(36-21-9-2-10-22-36,37-23-11-3-12-24-37)41-31-33-42(34-32-41)44(38-25-13-4-14-26-38,39-27-15-5-16-28-39)40-29-17-6-18-30-40;1-9(2,3)7-8-10(4,5)6/h1-31,33,41-42H,32,34H2;(H,1,2,3)(H,4,5,6)/q+2;/p-2. The van der Waals surface area contributed by atoms with E-state index in [0.29, 0.717) is 11.3 Å². The van der Waals surface area contributed by atoms with Gasteiger partial charge in [-0.05, 0) is 97.8 Å². The Labute approximate surface area is 318 Å². The van der Waals surface area contributed by atoms with Gasteiger partial charge < -0.3 is 9.11 Å². The molecule has 7 rings (SSSR count). The highest BCUT2D eigenvalue weighted by molar-refractivity contribution is 7.97. The molecule has 1 aliphatic rings. The second-order valence-corrected chi connectivity index (χ2v) is 21.7. The summed E-state index contributed by atoms with van der Waals surface area (Å²) in [5, 5.41) is 8.75. The van der Waals surface area contributed by atoms with Gasteiger partial charge in [-0.2, -0.15) is 0 Å². The van der Waals surface area contributed by atoms with Crippen LogP contribution >= 0.6 is 14.5 Å². The lowest BCUT2D eigenvalue weighted by Crippen LogP contribution is -2.42. The molecule has 6 aromatic carbocycles. The maximum absolute atomic E-state index is 9.37. The summed E-state index contributed by atoms with van der Waals surface area (Å²) in [5.74, 6) is 0. The Kier molecular flexibility index (Phi) is 12.7. The predicted molar refractivity (Wildman–Crippen MR) is 218 cm³/mol. The molecular weight excluding hydrogens is 759 g/mol. The van der Waals surface area contributed by atoms with E-state index in [2.05, 4.69) is 203 Å². The molecule has 12 heteroatoms. The minimum absolute atomic E-state index is 0.412. The highest BCUT2D eigenvalue weighted by atomic mass is 32.3. The third-order valence-corrected chi connectivity index (χ3v) is 19.6. The molecule has 0 saturated carbocycles. The smallest absolute Gasteiger partial charge is 0.246 e. The minimum atomic E-state index is -5.31. The monoisotopic (exact) mass is 796 g/mol. The number of hydrogen-bond acceptors (Lipinski definition) is 8. The summed E-state index contributed by atoms with van der Waals surface area (Å²) in [6, 6.07) is 68.1. The molecule has 1 aliphatic carbocycles. The summed E-state index contributed by atoms with van der Waals surface area (Å²) in [5.41, 5.74) is 0.824. The molecular formula is C42H38O8P2S2. The van der Waals surface area contributed by atoms with Crippen LogP contribution in [0.3, 0.4) is 0 Å². The summed E-state index contributed by atoms with van der Waals surface area (Å²) >= 11 is 0. The molecule has 0 amide bonds. The average Bonchev–Trinajstić information content (AvgIpc) is 3.21. The Morgan fingerprint density at radius 3 is 0.704 bits per heavy atom. The van der Waals surface area contributed by atoms with E-state index in [1.807, 2.05) is 0 Å². The van der Waals surface area contributed by atoms with Crippen LogP contribution in [0.4, 0.5) is 0 Å². The second-order valence-electron chi connectivity index (χ2n) is 12.5. The fraction of sp³-hybridized carbons (Fsp3) is 0.0952. The maximum Gasteiger partial charge on any atom is 0.246 e. The third kappa shape index (κ3) is 8.79. The average molecular weight is 797 g/mol. The van der Waals surface area contributed by atoms with Gasteiger partial charge >= 0.3 is 0 Å². The van der Waals surface area contributed by atoms with Crippen molar-refractivity contribution < 1.29 is 34.6 Å². The number of rotatable bonds is 11. The first kappa shape index (κ1) is 39.4. The zero-order valence-electron chi connectivity index (χ0n) is 29.0. The van der Waals surface area contributed by atoms with Gasteiger partial charge in [-0.3, -0.25) is 0 Å². The summed E-state index contributed by atoms with van der Waals surface area (Å²) in [7, 11) is -14.6. The SMILES string of the molecule is C1=CC([P+](c2ccccc2)(c2ccccc2)c2ccccc2)CCC1[P+](c1ccccc1)(c1ccccc1)c1ccccc1.O=S(=O)([O-])OOS(=O)(=O)[O-]. The van der Waals surface area contributed by atoms with E-state index in [-0.39, 0.29) is 0 Å². The van der Waals surface area contributed by atoms with Crippen molar-refractivity contribution in [1.82, 2.24) is 0 Å². The molecule has 6 aromatic rings. The number of benzene rings is 6. The van der Waals surface area contributed by atoms with Crippen LogP contribution in [-0.2, 0) is 29.5 Å². The van der Waals surface area contributed by atoms with Crippen molar-refractivity contribution in [2.45, 2.75) is 24.2 Å². The quantitative estimate of drug-likeness (QED) is 0.0395. The topological polar surface area (TPSA) is 133 Å². The molecule has 0 heterocycles. The first-order chi connectivity index (χ1) is 26.0. The van der Waals surface area contributed by atoms with Gasteiger partial charge in [0.05, 0.1) is 0 Å². The van der Waals surface area contributed by atoms with E-state index in [4.69, 9.17) is 0 Å². The first-order valence-electron chi connectivity index (χ1n) is 17.1. The van der Waals surface area contributed by atoms with Gasteiger partial charge in [-0.15, -0.1) is 8.67 Å². The Morgan fingerprint density at radius 2 is 0.556 bits per heavy atom. The third-order valence-electron chi connectivity index (χ3n) is 9.48. The van der Waals surface area contributed by atoms with Gasteiger partial charge in [0.15, 0.2) is 0 Å². The number of allylic oxidation sites excluding steroid dienone is 2. The van der Waals surface area contributed by atoms with Gasteiger partial charge in [-0.25, -0.2) is 16.8 Å². The molecule has 0 fully saturated rings. The molecule has 54 heavy (non-hydrogen) atoms. The van der Waals surface area contributed by atoms with E-state index >= 15 is 0 Å². The van der Waals surface area contributed by atoms with Crippen LogP contribution in [0.15, 0.2) is 194 Å². The van der Waals surface area contributed by atoms with Crippen LogP contribution < -0.4 is 31.8 Å². The molecule has 0 radical (unpaired) electrons. The Bertz CT molecular complexity index is 1970. The maximum atomic E-state index is 9.37. The molecule has 2 atom stereocenters. The highest BCUT2D eigenvalue weighted by Gasteiger charge is 2.56. The van der Waals surface area contributed by atoms with Crippen molar-refractivity contribution in [2.24, 2.45) is 0 Å². The summed E-state index contributed by atoms with van der Waals surface area (Å²) in [6.07, 6.45) is 7.56. The van der Waals surface area contributed by atoms with Crippen molar-refractivity contribution in [3.63, 3.8) is 0 Å². The van der Waals surface area contributed by atoms with Gasteiger partial charge in [0, 0.05) is 0 Å². The van der Waals surface area contributed by atoms with E-state index < -0.39 is 35.3 Å².